The molecule has 0 bridgehead atoms. The Morgan fingerprint density at radius 2 is 1.41 bits per heavy atom. The lowest BCUT2D eigenvalue weighted by atomic mass is 9.80. The first-order valence-corrected chi connectivity index (χ1v) is 10.9. The fraction of sp³-hybridized carbons (Fsp3) is 0.111. The average molecular weight is 393 g/mol. The maximum absolute atomic E-state index is 6.20. The van der Waals surface area contributed by atoms with Gasteiger partial charge in [0.05, 0.1) is 6.61 Å². The summed E-state index contributed by atoms with van der Waals surface area (Å²) in [5, 5.41) is 2.53. The van der Waals surface area contributed by atoms with Crippen LogP contribution < -0.4 is 4.74 Å². The minimum absolute atomic E-state index is 0.313. The van der Waals surface area contributed by atoms with Crippen LogP contribution >= 0.6 is 11.8 Å². The number of hydrogen-bond acceptors (Lipinski definition) is 2. The van der Waals surface area contributed by atoms with Crippen molar-refractivity contribution >= 4 is 33.7 Å². The van der Waals surface area contributed by atoms with Gasteiger partial charge in [0.15, 0.2) is 0 Å². The van der Waals surface area contributed by atoms with Gasteiger partial charge in [-0.1, -0.05) is 85.4 Å². The van der Waals surface area contributed by atoms with E-state index in [4.69, 9.17) is 4.74 Å². The summed E-state index contributed by atoms with van der Waals surface area (Å²) in [6.07, 6.45) is 0. The molecule has 0 unspecified atom stereocenters. The van der Waals surface area contributed by atoms with Crippen molar-refractivity contribution in [2.24, 2.45) is 5.92 Å². The van der Waals surface area contributed by atoms with Gasteiger partial charge in [-0.15, -0.1) is 0 Å². The van der Waals surface area contributed by atoms with E-state index in [9.17, 15) is 0 Å². The molecule has 1 nitrogen and oxygen atoms in total. The molecule has 0 amide bonds. The molecule has 140 valence electrons. The normalized spacial score (nSPS) is 17.3. The number of fused-ring (bicyclic) bond motifs is 5. The fourth-order valence-corrected chi connectivity index (χ4v) is 5.73. The first kappa shape index (κ1) is 16.9. The van der Waals surface area contributed by atoms with Gasteiger partial charge in [-0.3, -0.25) is 0 Å². The summed E-state index contributed by atoms with van der Waals surface area (Å²) in [5.74, 6) is 1.31. The van der Waals surface area contributed by atoms with Crippen molar-refractivity contribution in [1.82, 2.24) is 0 Å². The lowest BCUT2D eigenvalue weighted by molar-refractivity contribution is 0.277. The van der Waals surface area contributed by atoms with Crippen LogP contribution in [-0.2, 0) is 0 Å². The number of rotatable bonds is 0. The van der Waals surface area contributed by atoms with Gasteiger partial charge in [0.2, 0.25) is 0 Å². The van der Waals surface area contributed by atoms with Gasteiger partial charge in [0.1, 0.15) is 5.75 Å². The maximum atomic E-state index is 6.20. The second-order valence-corrected chi connectivity index (χ2v) is 8.84. The van der Waals surface area contributed by atoms with Crippen LogP contribution in [0, 0.1) is 5.92 Å². The van der Waals surface area contributed by atoms with Crippen molar-refractivity contribution in [3.05, 3.63) is 102 Å². The van der Waals surface area contributed by atoms with E-state index in [1.807, 2.05) is 11.8 Å². The molecule has 2 aliphatic heterocycles. The van der Waals surface area contributed by atoms with E-state index < -0.39 is 0 Å². The Hall–Kier alpha value is -2.97. The van der Waals surface area contributed by atoms with Gasteiger partial charge in [0, 0.05) is 21.3 Å². The van der Waals surface area contributed by atoms with Crippen LogP contribution in [0.3, 0.4) is 0 Å². The number of benzene rings is 4. The zero-order chi connectivity index (χ0) is 19.4. The molecule has 2 heterocycles. The van der Waals surface area contributed by atoms with Crippen LogP contribution in [0.15, 0.2) is 94.7 Å². The molecular weight excluding hydrogens is 372 g/mol. The molecule has 4 aromatic carbocycles. The predicted molar refractivity (Wildman–Crippen MR) is 122 cm³/mol. The van der Waals surface area contributed by atoms with E-state index in [0.29, 0.717) is 12.5 Å². The first-order valence-electron chi connectivity index (χ1n) is 10.1. The molecule has 0 saturated heterocycles. The quantitative estimate of drug-likeness (QED) is 0.274. The van der Waals surface area contributed by atoms with E-state index in [2.05, 4.69) is 91.9 Å². The van der Waals surface area contributed by atoms with Crippen LogP contribution in [0.5, 0.6) is 5.75 Å². The molecule has 0 spiro atoms. The minimum atomic E-state index is 0.313. The maximum Gasteiger partial charge on any atom is 0.127 e. The molecule has 2 heteroatoms. The highest BCUT2D eigenvalue weighted by atomic mass is 32.2. The monoisotopic (exact) mass is 392 g/mol. The van der Waals surface area contributed by atoms with Crippen LogP contribution in [0.25, 0.3) is 21.9 Å². The molecule has 0 fully saturated rings. The van der Waals surface area contributed by atoms with E-state index in [-0.39, 0.29) is 0 Å². The van der Waals surface area contributed by atoms with Crippen molar-refractivity contribution in [2.75, 3.05) is 6.61 Å². The molecule has 0 aromatic heterocycles. The van der Waals surface area contributed by atoms with E-state index in [1.165, 1.54) is 48.4 Å². The third-order valence-electron chi connectivity index (χ3n) is 5.94. The first-order chi connectivity index (χ1) is 14.3. The largest absolute Gasteiger partial charge is 0.492 e. The highest BCUT2D eigenvalue weighted by molar-refractivity contribution is 7.99. The molecular formula is C27H20OS. The van der Waals surface area contributed by atoms with Crippen molar-refractivity contribution in [3.63, 3.8) is 0 Å². The molecule has 6 rings (SSSR count). The van der Waals surface area contributed by atoms with Gasteiger partial charge in [-0.2, -0.15) is 0 Å². The van der Waals surface area contributed by atoms with E-state index >= 15 is 0 Å². The van der Waals surface area contributed by atoms with Crippen molar-refractivity contribution < 1.29 is 4.74 Å². The van der Waals surface area contributed by atoms with Crippen molar-refractivity contribution in [1.29, 1.82) is 0 Å². The summed E-state index contributed by atoms with van der Waals surface area (Å²) in [7, 11) is 0. The Morgan fingerprint density at radius 1 is 0.759 bits per heavy atom. The summed E-state index contributed by atoms with van der Waals surface area (Å²) in [6.45, 7) is 3.00. The highest BCUT2D eigenvalue weighted by Gasteiger charge is 2.31. The number of hydrogen-bond donors (Lipinski definition) is 0. The predicted octanol–water partition coefficient (Wildman–Crippen LogP) is 7.29. The topological polar surface area (TPSA) is 9.23 Å². The summed E-state index contributed by atoms with van der Waals surface area (Å²) in [4.78, 5) is 2.66. The second kappa shape index (κ2) is 6.53. The molecule has 0 N–H and O–H groups in total. The molecule has 29 heavy (non-hydrogen) atoms. The molecule has 4 aromatic rings. The highest BCUT2D eigenvalue weighted by Crippen LogP contribution is 2.52. The summed E-state index contributed by atoms with van der Waals surface area (Å²) >= 11 is 1.87. The third-order valence-corrected chi connectivity index (χ3v) is 7.10. The Bertz CT molecular complexity index is 1250. The standard InChI is InChI=1S/C27H20OS/c1-17-16-28-22-15-14-18-8-2-3-9-19(18)27(22)25(17)26-20-10-4-6-12-23(20)29-24-13-7-5-11-21(24)26/h2-15,17H,16H2,1H3/t17-/m0/s1. The Morgan fingerprint density at radius 3 is 2.17 bits per heavy atom. The van der Waals surface area contributed by atoms with Gasteiger partial charge in [-0.25, -0.2) is 0 Å². The zero-order valence-electron chi connectivity index (χ0n) is 16.2. The van der Waals surface area contributed by atoms with Gasteiger partial charge in [-0.05, 0) is 51.2 Å². The molecule has 0 radical (unpaired) electrons. The smallest absolute Gasteiger partial charge is 0.127 e. The van der Waals surface area contributed by atoms with Crippen molar-refractivity contribution in [2.45, 2.75) is 16.7 Å². The van der Waals surface area contributed by atoms with E-state index in [1.54, 1.807) is 0 Å². The zero-order valence-corrected chi connectivity index (χ0v) is 17.0. The van der Waals surface area contributed by atoms with Crippen LogP contribution in [0.4, 0.5) is 0 Å². The van der Waals surface area contributed by atoms with Crippen LogP contribution in [0.1, 0.15) is 23.6 Å². The Kier molecular flexibility index (Phi) is 3.82. The number of ether oxygens (including phenoxy) is 1. The minimum Gasteiger partial charge on any atom is -0.492 e. The Labute approximate surface area is 175 Å². The molecule has 0 saturated carbocycles. The van der Waals surface area contributed by atoms with E-state index in [0.717, 1.165) is 5.75 Å². The average Bonchev–Trinajstić information content (AvgIpc) is 2.78. The van der Waals surface area contributed by atoms with Gasteiger partial charge < -0.3 is 4.74 Å². The van der Waals surface area contributed by atoms with Crippen LogP contribution in [0.2, 0.25) is 0 Å². The van der Waals surface area contributed by atoms with Crippen LogP contribution in [-0.4, -0.2) is 6.61 Å². The summed E-state index contributed by atoms with van der Waals surface area (Å²) in [6, 6.07) is 30.6. The van der Waals surface area contributed by atoms with Gasteiger partial charge in [0.25, 0.3) is 0 Å². The SMILES string of the molecule is C[C@H]1COc2ccc3ccccc3c2C1=C1c2ccccc2Sc2ccccc21. The second-order valence-electron chi connectivity index (χ2n) is 7.75. The summed E-state index contributed by atoms with van der Waals surface area (Å²) in [5.41, 5.74) is 6.69. The summed E-state index contributed by atoms with van der Waals surface area (Å²) < 4.78 is 6.20. The van der Waals surface area contributed by atoms with Gasteiger partial charge >= 0.3 is 0 Å². The fourth-order valence-electron chi connectivity index (χ4n) is 4.64. The molecule has 2 aliphatic rings. The molecule has 0 aliphatic carbocycles. The third kappa shape index (κ3) is 2.56. The lowest BCUT2D eigenvalue weighted by Gasteiger charge is -2.32. The Balaban J connectivity index is 1.78. The van der Waals surface area contributed by atoms with Crippen molar-refractivity contribution in [3.8, 4) is 5.75 Å². The molecule has 1 atom stereocenters. The lowest BCUT2D eigenvalue weighted by Crippen LogP contribution is -2.19.